The number of rotatable bonds is 8. The molecule has 1 fully saturated rings. The number of hydrogen-bond donors (Lipinski definition) is 2. The van der Waals surface area contributed by atoms with Crippen molar-refractivity contribution < 1.29 is 14.6 Å². The maximum Gasteiger partial charge on any atom is 0.126 e. The Labute approximate surface area is 159 Å². The monoisotopic (exact) mass is 363 g/mol. The van der Waals surface area contributed by atoms with E-state index in [1.807, 2.05) is 0 Å². The minimum absolute atomic E-state index is 0.0689. The number of methoxy groups -OCH3 is 1. The van der Waals surface area contributed by atoms with Gasteiger partial charge in [-0.2, -0.15) is 0 Å². The average Bonchev–Trinajstić information content (AvgIpc) is 3.09. The molecule has 0 heterocycles. The van der Waals surface area contributed by atoms with Gasteiger partial charge in [-0.25, -0.2) is 0 Å². The molecule has 148 valence electrons. The first-order valence-corrected chi connectivity index (χ1v) is 9.99. The highest BCUT2D eigenvalue weighted by Crippen LogP contribution is 2.40. The number of hydrogen-bond acceptors (Lipinski definition) is 4. The summed E-state index contributed by atoms with van der Waals surface area (Å²) in [5.41, 5.74) is 2.18. The molecular formula is C22H37NO3. The van der Waals surface area contributed by atoms with Crippen molar-refractivity contribution in [3.05, 3.63) is 23.3 Å². The van der Waals surface area contributed by atoms with E-state index in [0.717, 1.165) is 22.6 Å². The molecule has 0 unspecified atom stereocenters. The van der Waals surface area contributed by atoms with Gasteiger partial charge in [0.1, 0.15) is 24.2 Å². The SMILES string of the molecule is COc1cc(C(C)C)c(OC[C@@H](O)CNC2CCCC2)c(C(C)(C)C)c1. The molecule has 0 amide bonds. The molecule has 1 atom stereocenters. The van der Waals surface area contributed by atoms with Crippen LogP contribution in [0.3, 0.4) is 0 Å². The largest absolute Gasteiger partial charge is 0.497 e. The summed E-state index contributed by atoms with van der Waals surface area (Å²) in [6.45, 7) is 11.7. The molecule has 4 nitrogen and oxygen atoms in total. The van der Waals surface area contributed by atoms with Crippen molar-refractivity contribution in [2.24, 2.45) is 0 Å². The van der Waals surface area contributed by atoms with Crippen LogP contribution >= 0.6 is 0 Å². The number of aliphatic hydroxyl groups is 1. The quantitative estimate of drug-likeness (QED) is 0.719. The summed E-state index contributed by atoms with van der Waals surface area (Å²) in [6, 6.07) is 4.67. The Bertz CT molecular complexity index is 571. The van der Waals surface area contributed by atoms with E-state index in [4.69, 9.17) is 9.47 Å². The first kappa shape index (κ1) is 21.0. The van der Waals surface area contributed by atoms with Gasteiger partial charge < -0.3 is 19.9 Å². The molecule has 0 radical (unpaired) electrons. The normalized spacial score (nSPS) is 16.9. The van der Waals surface area contributed by atoms with E-state index in [9.17, 15) is 5.11 Å². The molecule has 1 aromatic carbocycles. The first-order chi connectivity index (χ1) is 12.2. The van der Waals surface area contributed by atoms with Crippen LogP contribution < -0.4 is 14.8 Å². The van der Waals surface area contributed by atoms with Crippen LogP contribution in [0.5, 0.6) is 11.5 Å². The van der Waals surface area contributed by atoms with Crippen molar-refractivity contribution in [1.29, 1.82) is 0 Å². The van der Waals surface area contributed by atoms with Gasteiger partial charge in [0.25, 0.3) is 0 Å². The Morgan fingerprint density at radius 1 is 1.19 bits per heavy atom. The van der Waals surface area contributed by atoms with Gasteiger partial charge in [-0.1, -0.05) is 47.5 Å². The molecule has 0 aromatic heterocycles. The van der Waals surface area contributed by atoms with E-state index in [2.05, 4.69) is 52.1 Å². The molecule has 4 heteroatoms. The zero-order valence-corrected chi connectivity index (χ0v) is 17.4. The second-order valence-electron chi connectivity index (χ2n) is 8.85. The van der Waals surface area contributed by atoms with Crippen molar-refractivity contribution in [3.63, 3.8) is 0 Å². The summed E-state index contributed by atoms with van der Waals surface area (Å²) >= 11 is 0. The molecule has 1 aliphatic rings. The minimum Gasteiger partial charge on any atom is -0.497 e. The van der Waals surface area contributed by atoms with Gasteiger partial charge in [0.2, 0.25) is 0 Å². The second kappa shape index (κ2) is 9.09. The molecule has 2 N–H and O–H groups in total. The lowest BCUT2D eigenvalue weighted by molar-refractivity contribution is 0.102. The fraction of sp³-hybridized carbons (Fsp3) is 0.727. The summed E-state index contributed by atoms with van der Waals surface area (Å²) in [6.07, 6.45) is 4.52. The van der Waals surface area contributed by atoms with Gasteiger partial charge in [-0.05, 0) is 36.3 Å². The van der Waals surface area contributed by atoms with Crippen LogP contribution in [-0.4, -0.2) is 37.5 Å². The highest BCUT2D eigenvalue weighted by Gasteiger charge is 2.25. The summed E-state index contributed by atoms with van der Waals surface area (Å²) in [5.74, 6) is 2.07. The highest BCUT2D eigenvalue weighted by molar-refractivity contribution is 5.51. The molecule has 1 saturated carbocycles. The molecule has 0 bridgehead atoms. The van der Waals surface area contributed by atoms with Crippen LogP contribution in [0.1, 0.15) is 77.3 Å². The van der Waals surface area contributed by atoms with Crippen molar-refractivity contribution in [3.8, 4) is 11.5 Å². The summed E-state index contributed by atoms with van der Waals surface area (Å²) in [4.78, 5) is 0. The number of nitrogens with one attached hydrogen (secondary N) is 1. The van der Waals surface area contributed by atoms with Gasteiger partial charge in [0, 0.05) is 23.7 Å². The van der Waals surface area contributed by atoms with Crippen LogP contribution in [0.2, 0.25) is 0 Å². The zero-order valence-electron chi connectivity index (χ0n) is 17.4. The molecular weight excluding hydrogens is 326 g/mol. The first-order valence-electron chi connectivity index (χ1n) is 9.99. The molecule has 26 heavy (non-hydrogen) atoms. The molecule has 0 spiro atoms. The lowest BCUT2D eigenvalue weighted by atomic mass is 9.83. The van der Waals surface area contributed by atoms with E-state index in [-0.39, 0.29) is 5.41 Å². The predicted octanol–water partition coefficient (Wildman–Crippen LogP) is 4.39. The molecule has 1 aliphatic carbocycles. The van der Waals surface area contributed by atoms with Gasteiger partial charge in [0.05, 0.1) is 7.11 Å². The second-order valence-corrected chi connectivity index (χ2v) is 8.85. The smallest absolute Gasteiger partial charge is 0.126 e. The lowest BCUT2D eigenvalue weighted by Crippen LogP contribution is -2.36. The van der Waals surface area contributed by atoms with Crippen LogP contribution in [0.15, 0.2) is 12.1 Å². The van der Waals surface area contributed by atoms with Crippen molar-refractivity contribution in [2.75, 3.05) is 20.3 Å². The minimum atomic E-state index is -0.509. The third-order valence-electron chi connectivity index (χ3n) is 5.17. The molecule has 2 rings (SSSR count). The average molecular weight is 364 g/mol. The number of aliphatic hydroxyl groups excluding tert-OH is 1. The van der Waals surface area contributed by atoms with Crippen molar-refractivity contribution in [1.82, 2.24) is 5.32 Å². The number of ether oxygens (including phenoxy) is 2. The fourth-order valence-corrected chi connectivity index (χ4v) is 3.56. The standard InChI is InChI=1S/C22H37NO3/c1-15(2)19-11-18(25-6)12-20(22(3,4)5)21(19)26-14-17(24)13-23-16-9-7-8-10-16/h11-12,15-17,23-24H,7-10,13-14H2,1-6H3/t17-/m0/s1. The van der Waals surface area contributed by atoms with E-state index < -0.39 is 6.10 Å². The molecule has 1 aromatic rings. The van der Waals surface area contributed by atoms with Crippen LogP contribution in [0.25, 0.3) is 0 Å². The van der Waals surface area contributed by atoms with Crippen molar-refractivity contribution in [2.45, 2.75) is 83.8 Å². The summed E-state index contributed by atoms with van der Waals surface area (Å²) in [7, 11) is 1.70. The fourth-order valence-electron chi connectivity index (χ4n) is 3.56. The zero-order chi connectivity index (χ0) is 19.3. The Hall–Kier alpha value is -1.26. The lowest BCUT2D eigenvalue weighted by Gasteiger charge is -2.27. The summed E-state index contributed by atoms with van der Waals surface area (Å²) < 4.78 is 11.7. The third-order valence-corrected chi connectivity index (χ3v) is 5.17. The van der Waals surface area contributed by atoms with E-state index in [1.54, 1.807) is 7.11 Å². The predicted molar refractivity (Wildman–Crippen MR) is 108 cm³/mol. The highest BCUT2D eigenvalue weighted by atomic mass is 16.5. The third kappa shape index (κ3) is 5.62. The Morgan fingerprint density at radius 2 is 1.85 bits per heavy atom. The Morgan fingerprint density at radius 3 is 2.38 bits per heavy atom. The molecule has 0 aliphatic heterocycles. The summed E-state index contributed by atoms with van der Waals surface area (Å²) in [5, 5.41) is 13.9. The van der Waals surface area contributed by atoms with E-state index in [0.29, 0.717) is 25.1 Å². The van der Waals surface area contributed by atoms with Gasteiger partial charge in [-0.15, -0.1) is 0 Å². The van der Waals surface area contributed by atoms with Crippen LogP contribution in [0, 0.1) is 0 Å². The molecule has 0 saturated heterocycles. The maximum atomic E-state index is 10.4. The van der Waals surface area contributed by atoms with E-state index in [1.165, 1.54) is 25.7 Å². The Kier molecular flexibility index (Phi) is 7.36. The van der Waals surface area contributed by atoms with Crippen LogP contribution in [0.4, 0.5) is 0 Å². The van der Waals surface area contributed by atoms with Crippen LogP contribution in [-0.2, 0) is 5.41 Å². The topological polar surface area (TPSA) is 50.7 Å². The number of benzene rings is 1. The maximum absolute atomic E-state index is 10.4. The Balaban J connectivity index is 2.12. The van der Waals surface area contributed by atoms with Gasteiger partial charge >= 0.3 is 0 Å². The van der Waals surface area contributed by atoms with Gasteiger partial charge in [0.15, 0.2) is 0 Å². The van der Waals surface area contributed by atoms with Gasteiger partial charge in [-0.3, -0.25) is 0 Å². The van der Waals surface area contributed by atoms with E-state index >= 15 is 0 Å². The van der Waals surface area contributed by atoms with Crippen molar-refractivity contribution >= 4 is 0 Å².